The van der Waals surface area contributed by atoms with Gasteiger partial charge in [-0.05, 0) is 0 Å². The summed E-state index contributed by atoms with van der Waals surface area (Å²) in [6, 6.07) is 0. The summed E-state index contributed by atoms with van der Waals surface area (Å²) in [5.41, 5.74) is 0. The van der Waals surface area contributed by atoms with E-state index in [4.69, 9.17) is 19.6 Å². The van der Waals surface area contributed by atoms with Crippen LogP contribution in [0.5, 0.6) is 0 Å². The topological polar surface area (TPSA) is 115 Å². The molecule has 0 aromatic rings. The number of rotatable bonds is 2. The second kappa shape index (κ2) is 5.65. The van der Waals surface area contributed by atoms with Gasteiger partial charge in [-0.25, -0.2) is 0 Å². The lowest BCUT2D eigenvalue weighted by Gasteiger charge is -1.92. The fourth-order valence-corrected chi connectivity index (χ4v) is 0. The second-order valence-corrected chi connectivity index (χ2v) is 5.26. The predicted octanol–water partition coefficient (Wildman–Crippen LogP) is 0.492. The van der Waals surface area contributed by atoms with E-state index in [1.54, 1.807) is 0 Å². The molecule has 0 amide bonds. The molecule has 0 aliphatic rings. The second-order valence-electron chi connectivity index (χ2n) is 1.75. The van der Waals surface area contributed by atoms with Crippen molar-refractivity contribution in [3.63, 3.8) is 0 Å². The van der Waals surface area contributed by atoms with Crippen LogP contribution in [0.2, 0.25) is 0 Å². The van der Waals surface area contributed by atoms with Crippen LogP contribution in [0.15, 0.2) is 12.4 Å². The van der Waals surface area contributed by atoms with E-state index in [9.17, 15) is 9.13 Å². The Kier molecular flexibility index (Phi) is 6.85. The molecule has 0 radical (unpaired) electrons. The molecule has 0 unspecified atom stereocenters. The standard InChI is InChI=1S/C2H7O3P.C2H5O3P/c2*1-2-6(3,4)5/h2H2,1H3,(H2,3,4,5);2H,1H2,(H2,3,4,5). The lowest BCUT2D eigenvalue weighted by atomic mass is 11.0. The molecule has 0 atom stereocenters. The van der Waals surface area contributed by atoms with Gasteiger partial charge in [-0.15, -0.1) is 0 Å². The van der Waals surface area contributed by atoms with E-state index in [2.05, 4.69) is 6.58 Å². The van der Waals surface area contributed by atoms with E-state index in [0.717, 1.165) is 0 Å². The molecule has 8 heteroatoms. The van der Waals surface area contributed by atoms with Gasteiger partial charge in [0.25, 0.3) is 0 Å². The zero-order valence-electron chi connectivity index (χ0n) is 6.49. The van der Waals surface area contributed by atoms with Crippen molar-refractivity contribution in [1.82, 2.24) is 0 Å². The van der Waals surface area contributed by atoms with Gasteiger partial charge in [0, 0.05) is 12.0 Å². The highest BCUT2D eigenvalue weighted by atomic mass is 31.2. The van der Waals surface area contributed by atoms with E-state index in [1.165, 1.54) is 6.92 Å². The molecule has 12 heavy (non-hydrogen) atoms. The van der Waals surface area contributed by atoms with E-state index >= 15 is 0 Å². The fourth-order valence-electron chi connectivity index (χ4n) is 0. The molecule has 0 fully saturated rings. The molecular formula is C4H12O6P2. The molecular weight excluding hydrogens is 206 g/mol. The van der Waals surface area contributed by atoms with Crippen molar-refractivity contribution in [3.05, 3.63) is 12.4 Å². The Hall–Kier alpha value is 0.0400. The van der Waals surface area contributed by atoms with Crippen LogP contribution in [-0.2, 0) is 9.13 Å². The SMILES string of the molecule is C=CP(=O)(O)O.CCP(=O)(O)O. The molecule has 0 rings (SSSR count). The molecule has 4 N–H and O–H groups in total. The molecule has 0 aliphatic carbocycles. The summed E-state index contributed by atoms with van der Waals surface area (Å²) in [4.78, 5) is 31.5. The molecule has 0 aliphatic heterocycles. The Bertz CT molecular complexity index is 212. The largest absolute Gasteiger partial charge is 0.348 e. The van der Waals surface area contributed by atoms with Crippen molar-refractivity contribution in [3.8, 4) is 0 Å². The highest BCUT2D eigenvalue weighted by molar-refractivity contribution is 7.55. The van der Waals surface area contributed by atoms with Crippen molar-refractivity contribution in [2.24, 2.45) is 0 Å². The Morgan fingerprint density at radius 1 is 1.25 bits per heavy atom. The summed E-state index contributed by atoms with van der Waals surface area (Å²) in [7, 11) is -7.53. The summed E-state index contributed by atoms with van der Waals surface area (Å²) in [5.74, 6) is 0.604. The van der Waals surface area contributed by atoms with Crippen LogP contribution in [-0.4, -0.2) is 25.7 Å². The Balaban J connectivity index is 0. The molecule has 0 aromatic heterocycles. The Morgan fingerprint density at radius 3 is 1.42 bits per heavy atom. The summed E-state index contributed by atoms with van der Waals surface area (Å²) < 4.78 is 19.3. The van der Waals surface area contributed by atoms with Gasteiger partial charge in [-0.3, -0.25) is 9.13 Å². The van der Waals surface area contributed by atoms with Crippen LogP contribution in [0.4, 0.5) is 0 Å². The monoisotopic (exact) mass is 218 g/mol. The highest BCUT2D eigenvalue weighted by Gasteiger charge is 2.05. The first-order chi connectivity index (χ1) is 5.12. The third kappa shape index (κ3) is 22.5. The lowest BCUT2D eigenvalue weighted by Crippen LogP contribution is -1.76. The molecule has 0 saturated carbocycles. The van der Waals surface area contributed by atoms with Gasteiger partial charge in [0.1, 0.15) is 0 Å². The summed E-state index contributed by atoms with van der Waals surface area (Å²) in [6.45, 7) is 4.31. The molecule has 0 heterocycles. The van der Waals surface area contributed by atoms with E-state index < -0.39 is 15.2 Å². The average molecular weight is 218 g/mol. The minimum absolute atomic E-state index is 0.0625. The van der Waals surface area contributed by atoms with Crippen LogP contribution >= 0.6 is 15.2 Å². The Labute approximate surface area is 70.3 Å². The maximum atomic E-state index is 9.69. The molecule has 0 bridgehead atoms. The van der Waals surface area contributed by atoms with Gasteiger partial charge in [0.05, 0.1) is 0 Å². The average Bonchev–Trinajstić information content (AvgIpc) is 1.86. The number of hydrogen-bond donors (Lipinski definition) is 4. The van der Waals surface area contributed by atoms with Crippen LogP contribution in [0.1, 0.15) is 6.92 Å². The third-order valence-corrected chi connectivity index (χ3v) is 1.95. The van der Waals surface area contributed by atoms with Crippen LogP contribution in [0.3, 0.4) is 0 Å². The van der Waals surface area contributed by atoms with Crippen molar-refractivity contribution in [2.75, 3.05) is 6.16 Å². The fraction of sp³-hybridized carbons (Fsp3) is 0.500. The van der Waals surface area contributed by atoms with Crippen LogP contribution in [0, 0.1) is 0 Å². The van der Waals surface area contributed by atoms with Gasteiger partial charge >= 0.3 is 15.2 Å². The highest BCUT2D eigenvalue weighted by Crippen LogP contribution is 2.34. The maximum Gasteiger partial charge on any atom is 0.348 e. The zero-order chi connectivity index (χ0) is 10.4. The van der Waals surface area contributed by atoms with Gasteiger partial charge in [-0.2, -0.15) is 0 Å². The van der Waals surface area contributed by atoms with Crippen molar-refractivity contribution in [1.29, 1.82) is 0 Å². The van der Waals surface area contributed by atoms with Crippen molar-refractivity contribution >= 4 is 15.2 Å². The molecule has 0 spiro atoms. The normalized spacial score (nSPS) is 11.4. The van der Waals surface area contributed by atoms with Gasteiger partial charge in [0.2, 0.25) is 0 Å². The minimum atomic E-state index is -3.88. The first kappa shape index (κ1) is 14.6. The van der Waals surface area contributed by atoms with E-state index in [1.807, 2.05) is 0 Å². The summed E-state index contributed by atoms with van der Waals surface area (Å²) >= 11 is 0. The predicted molar refractivity (Wildman–Crippen MR) is 44.8 cm³/mol. The minimum Gasteiger partial charge on any atom is -0.324 e. The first-order valence-corrected chi connectivity index (χ1v) is 6.33. The summed E-state index contributed by atoms with van der Waals surface area (Å²) in [5, 5.41) is 0. The maximum absolute atomic E-state index is 9.69. The van der Waals surface area contributed by atoms with Crippen molar-refractivity contribution in [2.45, 2.75) is 6.92 Å². The molecule has 0 saturated heterocycles. The lowest BCUT2D eigenvalue weighted by molar-refractivity contribution is 0.374. The summed E-state index contributed by atoms with van der Waals surface area (Å²) in [6.07, 6.45) is -0.0625. The van der Waals surface area contributed by atoms with Gasteiger partial charge in [-0.1, -0.05) is 13.5 Å². The van der Waals surface area contributed by atoms with E-state index in [0.29, 0.717) is 5.82 Å². The molecule has 74 valence electrons. The van der Waals surface area contributed by atoms with E-state index in [-0.39, 0.29) is 6.16 Å². The van der Waals surface area contributed by atoms with Gasteiger partial charge < -0.3 is 19.6 Å². The Morgan fingerprint density at radius 2 is 1.42 bits per heavy atom. The zero-order valence-corrected chi connectivity index (χ0v) is 8.28. The molecule has 0 aromatic carbocycles. The smallest absolute Gasteiger partial charge is 0.324 e. The van der Waals surface area contributed by atoms with Gasteiger partial charge in [0.15, 0.2) is 0 Å². The van der Waals surface area contributed by atoms with Crippen LogP contribution < -0.4 is 0 Å². The first-order valence-electron chi connectivity index (χ1n) is 2.85. The van der Waals surface area contributed by atoms with Crippen molar-refractivity contribution < 1.29 is 28.7 Å². The number of hydrogen-bond acceptors (Lipinski definition) is 2. The quantitative estimate of drug-likeness (QED) is 0.501. The third-order valence-electron chi connectivity index (χ3n) is 0.650. The van der Waals surface area contributed by atoms with Crippen LogP contribution in [0.25, 0.3) is 0 Å². The molecule has 6 nitrogen and oxygen atoms in total.